The van der Waals surface area contributed by atoms with E-state index in [0.717, 1.165) is 13.0 Å². The number of thiophene rings is 1. The van der Waals surface area contributed by atoms with Gasteiger partial charge in [0.05, 0.1) is 18.4 Å². The number of aryl methyl sites for hydroxylation is 2. The van der Waals surface area contributed by atoms with Gasteiger partial charge in [0.25, 0.3) is 10.0 Å². The lowest BCUT2D eigenvalue weighted by atomic mass is 9.83. The number of aromatic nitrogens is 2. The van der Waals surface area contributed by atoms with Crippen molar-refractivity contribution in [3.8, 4) is 0 Å². The van der Waals surface area contributed by atoms with Crippen LogP contribution in [0.1, 0.15) is 28.8 Å². The summed E-state index contributed by atoms with van der Waals surface area (Å²) in [5.41, 5.74) is 1.65. The molecule has 2 aromatic heterocycles. The highest BCUT2D eigenvalue weighted by molar-refractivity contribution is 7.89. The van der Waals surface area contributed by atoms with Crippen LogP contribution in [0.4, 0.5) is 0 Å². The van der Waals surface area contributed by atoms with E-state index in [2.05, 4.69) is 16.5 Å². The molecule has 0 aromatic carbocycles. The van der Waals surface area contributed by atoms with Gasteiger partial charge in [-0.15, -0.1) is 11.3 Å². The van der Waals surface area contributed by atoms with Gasteiger partial charge in [0.1, 0.15) is 0 Å². The molecule has 0 unspecified atom stereocenters. The van der Waals surface area contributed by atoms with Crippen LogP contribution in [0.15, 0.2) is 22.7 Å². The average molecular weight is 367 g/mol. The molecule has 0 aliphatic carbocycles. The summed E-state index contributed by atoms with van der Waals surface area (Å²) < 4.78 is 35.1. The van der Waals surface area contributed by atoms with E-state index < -0.39 is 10.0 Å². The zero-order valence-electron chi connectivity index (χ0n) is 13.9. The third-order valence-corrected chi connectivity index (χ3v) is 8.21. The molecule has 0 amide bonds. The molecule has 8 heteroatoms. The Morgan fingerprint density at radius 3 is 2.75 bits per heavy atom. The van der Waals surface area contributed by atoms with E-state index in [1.807, 2.05) is 0 Å². The van der Waals surface area contributed by atoms with Crippen molar-refractivity contribution in [2.75, 3.05) is 19.7 Å². The van der Waals surface area contributed by atoms with Gasteiger partial charge in [0.2, 0.25) is 0 Å². The molecule has 1 fully saturated rings. The Morgan fingerprint density at radius 2 is 2.08 bits per heavy atom. The predicted octanol–water partition coefficient (Wildman–Crippen LogP) is 2.04. The van der Waals surface area contributed by atoms with Crippen LogP contribution in [-0.4, -0.2) is 42.2 Å². The molecule has 0 N–H and O–H groups in total. The second-order valence-corrected chi connectivity index (χ2v) is 9.36. The lowest BCUT2D eigenvalue weighted by Gasteiger charge is -2.43. The van der Waals surface area contributed by atoms with E-state index in [0.29, 0.717) is 36.5 Å². The molecule has 130 valence electrons. The van der Waals surface area contributed by atoms with E-state index in [1.165, 1.54) is 15.1 Å². The molecule has 0 atom stereocenters. The minimum absolute atomic E-state index is 0.291. The zero-order valence-corrected chi connectivity index (χ0v) is 15.5. The van der Waals surface area contributed by atoms with Crippen molar-refractivity contribution in [3.63, 3.8) is 0 Å². The smallest absolute Gasteiger partial charge is 0.260 e. The maximum Gasteiger partial charge on any atom is 0.260 e. The number of nitrogens with zero attached hydrogens (tertiary/aromatic N) is 3. The first-order valence-corrected chi connectivity index (χ1v) is 10.5. The summed E-state index contributed by atoms with van der Waals surface area (Å²) in [6.07, 6.45) is 3.96. The Balaban J connectivity index is 1.60. The number of hydrogen-bond donors (Lipinski definition) is 0. The van der Waals surface area contributed by atoms with E-state index in [-0.39, 0.29) is 5.60 Å². The second-order valence-electron chi connectivity index (χ2n) is 6.51. The van der Waals surface area contributed by atoms with Gasteiger partial charge in [0.15, 0.2) is 5.03 Å². The first-order chi connectivity index (χ1) is 11.4. The van der Waals surface area contributed by atoms with E-state index in [9.17, 15) is 8.42 Å². The summed E-state index contributed by atoms with van der Waals surface area (Å²) >= 11 is 1.78. The van der Waals surface area contributed by atoms with Gasteiger partial charge >= 0.3 is 0 Å². The molecular formula is C16H21N3O3S2. The van der Waals surface area contributed by atoms with Crippen molar-refractivity contribution in [2.45, 2.75) is 36.8 Å². The van der Waals surface area contributed by atoms with Crippen molar-refractivity contribution < 1.29 is 13.2 Å². The fourth-order valence-electron chi connectivity index (χ4n) is 3.89. The molecule has 2 aliphatic heterocycles. The molecule has 0 saturated carbocycles. The average Bonchev–Trinajstić information content (AvgIpc) is 3.16. The standard InChI is InChI=1S/C16H21N3O3S2/c1-12-11-17-18(2)15(12)24(20,21)19-7-5-16(6-8-19)13-4-10-23-14(13)3-9-22-16/h4,10-11H,3,5-9H2,1-2H3. The second kappa shape index (κ2) is 5.66. The molecule has 0 radical (unpaired) electrons. The van der Waals surface area contributed by atoms with Gasteiger partial charge in [-0.05, 0) is 36.8 Å². The number of fused-ring (bicyclic) bond motifs is 2. The minimum Gasteiger partial charge on any atom is -0.370 e. The number of hydrogen-bond acceptors (Lipinski definition) is 5. The molecule has 2 aliphatic rings. The van der Waals surface area contributed by atoms with Crippen molar-refractivity contribution in [2.24, 2.45) is 7.05 Å². The quantitative estimate of drug-likeness (QED) is 0.815. The van der Waals surface area contributed by atoms with Crippen molar-refractivity contribution >= 4 is 21.4 Å². The van der Waals surface area contributed by atoms with Crippen molar-refractivity contribution in [3.05, 3.63) is 33.6 Å². The fraction of sp³-hybridized carbons (Fsp3) is 0.562. The highest BCUT2D eigenvalue weighted by Gasteiger charge is 2.44. The van der Waals surface area contributed by atoms with E-state index >= 15 is 0 Å². The van der Waals surface area contributed by atoms with Gasteiger partial charge in [-0.25, -0.2) is 8.42 Å². The molecular weight excluding hydrogens is 346 g/mol. The third kappa shape index (κ3) is 2.35. The summed E-state index contributed by atoms with van der Waals surface area (Å²) in [6, 6.07) is 2.15. The summed E-state index contributed by atoms with van der Waals surface area (Å²) in [5, 5.41) is 6.48. The molecule has 4 rings (SSSR count). The van der Waals surface area contributed by atoms with Crippen molar-refractivity contribution in [1.82, 2.24) is 14.1 Å². The lowest BCUT2D eigenvalue weighted by molar-refractivity contribution is -0.0883. The summed E-state index contributed by atoms with van der Waals surface area (Å²) in [4.78, 5) is 1.39. The predicted molar refractivity (Wildman–Crippen MR) is 91.6 cm³/mol. The van der Waals surface area contributed by atoms with Crippen molar-refractivity contribution in [1.29, 1.82) is 0 Å². The Labute approximate surface area is 146 Å². The van der Waals surface area contributed by atoms with Crippen LogP contribution in [0.25, 0.3) is 0 Å². The molecule has 1 spiro atoms. The van der Waals surface area contributed by atoms with Crippen LogP contribution < -0.4 is 0 Å². The highest BCUT2D eigenvalue weighted by Crippen LogP contribution is 2.44. The Kier molecular flexibility index (Phi) is 3.83. The maximum absolute atomic E-state index is 13.0. The van der Waals surface area contributed by atoms with Crippen LogP contribution >= 0.6 is 11.3 Å². The number of sulfonamides is 1. The molecule has 24 heavy (non-hydrogen) atoms. The van der Waals surface area contributed by atoms with Crippen LogP contribution in [0.3, 0.4) is 0 Å². The van der Waals surface area contributed by atoms with Gasteiger partial charge < -0.3 is 4.74 Å². The monoisotopic (exact) mass is 367 g/mol. The van der Waals surface area contributed by atoms with Crippen LogP contribution in [0, 0.1) is 6.92 Å². The molecule has 1 saturated heterocycles. The van der Waals surface area contributed by atoms with Crippen LogP contribution in [0.5, 0.6) is 0 Å². The minimum atomic E-state index is -3.52. The normalized spacial score (nSPS) is 21.1. The van der Waals surface area contributed by atoms with Gasteiger partial charge in [-0.3, -0.25) is 4.68 Å². The third-order valence-electron chi connectivity index (χ3n) is 5.11. The Morgan fingerprint density at radius 1 is 1.33 bits per heavy atom. The topological polar surface area (TPSA) is 64.4 Å². The van der Waals surface area contributed by atoms with Gasteiger partial charge in [-0.1, -0.05) is 0 Å². The Hall–Kier alpha value is -1.22. The SMILES string of the molecule is Cc1cnn(C)c1S(=O)(=O)N1CCC2(CC1)OCCc1sccc12. The fourth-order valence-corrected chi connectivity index (χ4v) is 6.59. The maximum atomic E-state index is 13.0. The Bertz CT molecular complexity index is 842. The highest BCUT2D eigenvalue weighted by atomic mass is 32.2. The van der Waals surface area contributed by atoms with E-state index in [1.54, 1.807) is 35.8 Å². The largest absolute Gasteiger partial charge is 0.370 e. The number of rotatable bonds is 2. The summed E-state index contributed by atoms with van der Waals surface area (Å²) in [5.74, 6) is 0. The number of ether oxygens (including phenoxy) is 1. The van der Waals surface area contributed by atoms with Crippen LogP contribution in [0.2, 0.25) is 0 Å². The lowest BCUT2D eigenvalue weighted by Crippen LogP contribution is -2.48. The molecule has 6 nitrogen and oxygen atoms in total. The van der Waals surface area contributed by atoms with Gasteiger partial charge in [0, 0.05) is 37.0 Å². The summed E-state index contributed by atoms with van der Waals surface area (Å²) in [6.45, 7) is 3.46. The van der Waals surface area contributed by atoms with Crippen LogP contribution in [-0.2, 0) is 33.8 Å². The summed E-state index contributed by atoms with van der Waals surface area (Å²) in [7, 11) is -1.84. The zero-order chi connectivity index (χ0) is 16.9. The molecule has 4 heterocycles. The number of piperidine rings is 1. The first kappa shape index (κ1) is 16.3. The first-order valence-electron chi connectivity index (χ1n) is 8.14. The molecule has 0 bridgehead atoms. The van der Waals surface area contributed by atoms with E-state index in [4.69, 9.17) is 4.74 Å². The van der Waals surface area contributed by atoms with Gasteiger partial charge in [-0.2, -0.15) is 9.40 Å². The molecule has 2 aromatic rings.